The molecule has 5 heteroatoms. The molecule has 0 bridgehead atoms. The summed E-state index contributed by atoms with van der Waals surface area (Å²) in [4.78, 5) is 11.6. The quantitative estimate of drug-likeness (QED) is 0.744. The molecule has 1 aromatic rings. The first-order valence-corrected chi connectivity index (χ1v) is 6.77. The van der Waals surface area contributed by atoms with Crippen LogP contribution in [0.25, 0.3) is 0 Å². The van der Waals surface area contributed by atoms with Crippen molar-refractivity contribution < 1.29 is 18.3 Å². The molecule has 1 aromatic carbocycles. The topological polar surface area (TPSA) is 71.4 Å². The number of hydrogen-bond acceptors (Lipinski definition) is 4. The molecule has 0 saturated heterocycles. The van der Waals surface area contributed by atoms with Crippen LogP contribution in [0.15, 0.2) is 30.3 Å². The molecule has 0 aliphatic carbocycles. The van der Waals surface area contributed by atoms with Crippen LogP contribution in [0.2, 0.25) is 0 Å². The van der Waals surface area contributed by atoms with Gasteiger partial charge in [-0.2, -0.15) is 0 Å². The first kappa shape index (κ1) is 12.9. The number of sulfone groups is 1. The molecule has 0 saturated carbocycles. The maximum atomic E-state index is 11.6. The number of Topliss-reactive ketones (excluding diaryl/α,β-unsaturated/α-hetero) is 1. The minimum Gasteiger partial charge on any atom is -0.396 e. The Labute approximate surface area is 94.8 Å². The van der Waals surface area contributed by atoms with E-state index in [2.05, 4.69) is 0 Å². The Morgan fingerprint density at radius 3 is 2.38 bits per heavy atom. The molecule has 0 aromatic heterocycles. The standard InChI is InChI=1S/C11H14O4S/c12-7-4-8-16(14,15)9-11(13)10-5-2-1-3-6-10/h1-3,5-6,12H,4,7-9H2. The van der Waals surface area contributed by atoms with Crippen molar-refractivity contribution in [1.82, 2.24) is 0 Å². The van der Waals surface area contributed by atoms with Crippen LogP contribution in [-0.4, -0.2) is 37.4 Å². The lowest BCUT2D eigenvalue weighted by molar-refractivity contribution is 0.102. The van der Waals surface area contributed by atoms with Gasteiger partial charge >= 0.3 is 0 Å². The van der Waals surface area contributed by atoms with Gasteiger partial charge in [-0.1, -0.05) is 30.3 Å². The normalized spacial score (nSPS) is 11.3. The van der Waals surface area contributed by atoms with Gasteiger partial charge in [0.2, 0.25) is 0 Å². The molecule has 16 heavy (non-hydrogen) atoms. The van der Waals surface area contributed by atoms with Crippen molar-refractivity contribution in [3.63, 3.8) is 0 Å². The van der Waals surface area contributed by atoms with Gasteiger partial charge < -0.3 is 5.11 Å². The molecule has 0 spiro atoms. The number of aliphatic hydroxyl groups is 1. The number of benzene rings is 1. The molecule has 0 amide bonds. The Morgan fingerprint density at radius 1 is 1.19 bits per heavy atom. The zero-order chi connectivity index (χ0) is 12.0. The predicted molar refractivity (Wildman–Crippen MR) is 61.1 cm³/mol. The minimum atomic E-state index is -3.40. The number of rotatable bonds is 6. The lowest BCUT2D eigenvalue weighted by Crippen LogP contribution is -2.19. The van der Waals surface area contributed by atoms with Crippen molar-refractivity contribution in [2.45, 2.75) is 6.42 Å². The van der Waals surface area contributed by atoms with Gasteiger partial charge in [-0.15, -0.1) is 0 Å². The molecular weight excluding hydrogens is 228 g/mol. The van der Waals surface area contributed by atoms with E-state index in [4.69, 9.17) is 5.11 Å². The highest BCUT2D eigenvalue weighted by Gasteiger charge is 2.17. The van der Waals surface area contributed by atoms with E-state index in [0.29, 0.717) is 5.56 Å². The van der Waals surface area contributed by atoms with Gasteiger partial charge in [0, 0.05) is 12.2 Å². The van der Waals surface area contributed by atoms with Gasteiger partial charge in [-0.05, 0) is 6.42 Å². The maximum Gasteiger partial charge on any atom is 0.177 e. The molecule has 0 aliphatic rings. The van der Waals surface area contributed by atoms with Crippen LogP contribution in [0.5, 0.6) is 0 Å². The van der Waals surface area contributed by atoms with E-state index in [-0.39, 0.29) is 18.8 Å². The van der Waals surface area contributed by atoms with E-state index < -0.39 is 21.4 Å². The highest BCUT2D eigenvalue weighted by atomic mass is 32.2. The minimum absolute atomic E-state index is 0.151. The van der Waals surface area contributed by atoms with E-state index in [1.807, 2.05) is 0 Å². The van der Waals surface area contributed by atoms with Crippen molar-refractivity contribution in [1.29, 1.82) is 0 Å². The van der Waals surface area contributed by atoms with Crippen molar-refractivity contribution >= 4 is 15.6 Å². The Hall–Kier alpha value is -1.20. The summed E-state index contributed by atoms with van der Waals surface area (Å²) in [6.07, 6.45) is 0.171. The molecule has 0 aliphatic heterocycles. The fourth-order valence-corrected chi connectivity index (χ4v) is 2.54. The summed E-state index contributed by atoms with van der Waals surface area (Å²) in [6.45, 7) is -0.182. The van der Waals surface area contributed by atoms with Crippen LogP contribution in [0.3, 0.4) is 0 Å². The molecule has 0 atom stereocenters. The maximum absolute atomic E-state index is 11.6. The van der Waals surface area contributed by atoms with E-state index >= 15 is 0 Å². The van der Waals surface area contributed by atoms with Gasteiger partial charge in [0.05, 0.1) is 5.75 Å². The Kier molecular flexibility index (Phi) is 4.64. The lowest BCUT2D eigenvalue weighted by atomic mass is 10.2. The average Bonchev–Trinajstić information content (AvgIpc) is 2.27. The fourth-order valence-electron chi connectivity index (χ4n) is 1.26. The van der Waals surface area contributed by atoms with E-state index in [1.54, 1.807) is 30.3 Å². The van der Waals surface area contributed by atoms with Gasteiger partial charge in [-0.25, -0.2) is 8.42 Å². The molecule has 0 radical (unpaired) electrons. The van der Waals surface area contributed by atoms with E-state index in [0.717, 1.165) is 0 Å². The summed E-state index contributed by atoms with van der Waals surface area (Å²) in [5.41, 5.74) is 0.398. The number of aliphatic hydroxyl groups excluding tert-OH is 1. The summed E-state index contributed by atoms with van der Waals surface area (Å²) >= 11 is 0. The first-order valence-electron chi connectivity index (χ1n) is 4.95. The van der Waals surface area contributed by atoms with Crippen LogP contribution in [-0.2, 0) is 9.84 Å². The van der Waals surface area contributed by atoms with E-state index in [9.17, 15) is 13.2 Å². The molecule has 0 fully saturated rings. The third-order valence-electron chi connectivity index (χ3n) is 2.06. The van der Waals surface area contributed by atoms with Crippen molar-refractivity contribution in [3.05, 3.63) is 35.9 Å². The van der Waals surface area contributed by atoms with Gasteiger partial charge in [0.15, 0.2) is 15.6 Å². The van der Waals surface area contributed by atoms with Crippen molar-refractivity contribution in [2.75, 3.05) is 18.1 Å². The summed E-state index contributed by atoms with van der Waals surface area (Å²) in [6, 6.07) is 8.31. The molecule has 1 rings (SSSR count). The largest absolute Gasteiger partial charge is 0.396 e. The zero-order valence-electron chi connectivity index (χ0n) is 8.80. The molecule has 1 N–H and O–H groups in total. The van der Waals surface area contributed by atoms with Gasteiger partial charge in [0.25, 0.3) is 0 Å². The second-order valence-electron chi connectivity index (χ2n) is 3.46. The monoisotopic (exact) mass is 242 g/mol. The first-order chi connectivity index (χ1) is 7.55. The number of carbonyl (C=O) groups excluding carboxylic acids is 1. The second-order valence-corrected chi connectivity index (χ2v) is 5.64. The van der Waals surface area contributed by atoms with Crippen LogP contribution >= 0.6 is 0 Å². The fraction of sp³-hybridized carbons (Fsp3) is 0.364. The average molecular weight is 242 g/mol. The highest BCUT2D eigenvalue weighted by molar-refractivity contribution is 7.92. The number of hydrogen-bond donors (Lipinski definition) is 1. The second kappa shape index (κ2) is 5.77. The molecule has 88 valence electrons. The number of ketones is 1. The SMILES string of the molecule is O=C(CS(=O)(=O)CCCO)c1ccccc1. The Morgan fingerprint density at radius 2 is 1.81 bits per heavy atom. The molecule has 0 unspecified atom stereocenters. The van der Waals surface area contributed by atoms with E-state index in [1.165, 1.54) is 0 Å². The summed E-state index contributed by atoms with van der Waals surface area (Å²) in [5.74, 6) is -1.04. The number of carbonyl (C=O) groups is 1. The lowest BCUT2D eigenvalue weighted by Gasteiger charge is -2.02. The predicted octanol–water partition coefficient (Wildman–Crippen LogP) is 0.667. The molecular formula is C11H14O4S. The highest BCUT2D eigenvalue weighted by Crippen LogP contribution is 2.03. The summed E-state index contributed by atoms with van der Waals surface area (Å²) < 4.78 is 22.9. The summed E-state index contributed by atoms with van der Waals surface area (Å²) in [5, 5.41) is 8.53. The third-order valence-corrected chi connectivity index (χ3v) is 3.67. The van der Waals surface area contributed by atoms with Gasteiger partial charge in [-0.3, -0.25) is 4.79 Å². The van der Waals surface area contributed by atoms with Crippen molar-refractivity contribution in [2.24, 2.45) is 0 Å². The van der Waals surface area contributed by atoms with Crippen LogP contribution in [0.1, 0.15) is 16.8 Å². The van der Waals surface area contributed by atoms with Crippen LogP contribution in [0, 0.1) is 0 Å². The van der Waals surface area contributed by atoms with Crippen molar-refractivity contribution in [3.8, 4) is 0 Å². The van der Waals surface area contributed by atoms with Crippen LogP contribution in [0.4, 0.5) is 0 Å². The Balaban J connectivity index is 2.65. The summed E-state index contributed by atoms with van der Waals surface area (Å²) in [7, 11) is -3.40. The molecule has 0 heterocycles. The third kappa shape index (κ3) is 4.12. The molecule has 4 nitrogen and oxygen atoms in total. The zero-order valence-corrected chi connectivity index (χ0v) is 9.61. The smallest absolute Gasteiger partial charge is 0.177 e. The Bertz CT molecular complexity index is 436. The van der Waals surface area contributed by atoms with Crippen LogP contribution < -0.4 is 0 Å². The van der Waals surface area contributed by atoms with Gasteiger partial charge in [0.1, 0.15) is 5.75 Å².